The van der Waals surface area contributed by atoms with E-state index in [9.17, 15) is 18.0 Å². The van der Waals surface area contributed by atoms with Gasteiger partial charge in [-0.25, -0.2) is 0 Å². The van der Waals surface area contributed by atoms with Crippen molar-refractivity contribution in [2.45, 2.75) is 13.1 Å². The summed E-state index contributed by atoms with van der Waals surface area (Å²) in [6, 6.07) is 4.54. The van der Waals surface area contributed by atoms with Gasteiger partial charge in [0.25, 0.3) is 0 Å². The zero-order valence-electron chi connectivity index (χ0n) is 11.4. The minimum atomic E-state index is -4.94. The Kier molecular flexibility index (Phi) is 6.48. The van der Waals surface area contributed by atoms with Gasteiger partial charge in [0.2, 0.25) is 0 Å². The lowest BCUT2D eigenvalue weighted by atomic mass is 10.1. The van der Waals surface area contributed by atoms with Gasteiger partial charge in [0.1, 0.15) is 0 Å². The lowest BCUT2D eigenvalue weighted by molar-refractivity contribution is -0.167. The molecule has 120 valence electrons. The fraction of sp³-hybridized carbons (Fsp3) is 0.231. The van der Waals surface area contributed by atoms with Crippen LogP contribution in [0, 0.1) is 5.41 Å². The number of nitrogens with two attached hydrogens (primary N) is 1. The number of amidine groups is 1. The van der Waals surface area contributed by atoms with E-state index in [0.29, 0.717) is 15.8 Å². The van der Waals surface area contributed by atoms with Gasteiger partial charge in [-0.1, -0.05) is 33.8 Å². The number of hydrogen-bond donors (Lipinski definition) is 3. The standard InChI is InChI=1S/C13H13BrF3N3OS/c1-7(2-3-22-12(18)19)8-4-9(14)6-10(5-8)20-11(21)13(15,16)17/h2,4-6H,3H2,1H3,(H3,18,19)(H,20,21). The molecule has 0 fully saturated rings. The van der Waals surface area contributed by atoms with E-state index in [4.69, 9.17) is 11.1 Å². The van der Waals surface area contributed by atoms with Crippen molar-refractivity contribution in [2.24, 2.45) is 5.73 Å². The summed E-state index contributed by atoms with van der Waals surface area (Å²) < 4.78 is 37.3. The van der Waals surface area contributed by atoms with Gasteiger partial charge in [0, 0.05) is 15.9 Å². The van der Waals surface area contributed by atoms with Gasteiger partial charge in [-0.3, -0.25) is 10.2 Å². The number of nitrogens with one attached hydrogen (secondary N) is 2. The number of rotatable bonds is 4. The normalized spacial score (nSPS) is 12.1. The lowest BCUT2D eigenvalue weighted by Gasteiger charge is -2.11. The van der Waals surface area contributed by atoms with E-state index in [1.54, 1.807) is 19.1 Å². The predicted molar refractivity (Wildman–Crippen MR) is 86.8 cm³/mol. The number of amides is 1. The van der Waals surface area contributed by atoms with E-state index in [1.165, 1.54) is 12.1 Å². The number of halogens is 4. The largest absolute Gasteiger partial charge is 0.471 e. The van der Waals surface area contributed by atoms with Crippen LogP contribution in [-0.4, -0.2) is 23.0 Å². The number of allylic oxidation sites excluding steroid dienone is 1. The highest BCUT2D eigenvalue weighted by Crippen LogP contribution is 2.26. The Morgan fingerprint density at radius 3 is 2.64 bits per heavy atom. The zero-order valence-corrected chi connectivity index (χ0v) is 13.8. The van der Waals surface area contributed by atoms with Crippen LogP contribution < -0.4 is 11.1 Å². The quantitative estimate of drug-likeness (QED) is 0.532. The summed E-state index contributed by atoms with van der Waals surface area (Å²) in [6.07, 6.45) is -3.14. The first-order valence-electron chi connectivity index (χ1n) is 5.92. The van der Waals surface area contributed by atoms with Crippen LogP contribution in [0.2, 0.25) is 0 Å². The molecule has 0 spiro atoms. The molecule has 1 amide bonds. The van der Waals surface area contributed by atoms with Crippen LogP contribution >= 0.6 is 27.7 Å². The molecule has 1 rings (SSSR count). The van der Waals surface area contributed by atoms with Crippen LogP contribution in [0.4, 0.5) is 18.9 Å². The van der Waals surface area contributed by atoms with Crippen molar-refractivity contribution in [1.82, 2.24) is 0 Å². The second-order valence-corrected chi connectivity index (χ2v) is 6.22. The number of hydrogen-bond acceptors (Lipinski definition) is 3. The van der Waals surface area contributed by atoms with E-state index in [2.05, 4.69) is 15.9 Å². The fourth-order valence-electron chi connectivity index (χ4n) is 1.47. The highest BCUT2D eigenvalue weighted by atomic mass is 79.9. The summed E-state index contributed by atoms with van der Waals surface area (Å²) in [7, 11) is 0. The second-order valence-electron chi connectivity index (χ2n) is 4.24. The van der Waals surface area contributed by atoms with Gasteiger partial charge < -0.3 is 11.1 Å². The first kappa shape index (κ1) is 18.6. The van der Waals surface area contributed by atoms with Crippen LogP contribution in [0.15, 0.2) is 28.7 Å². The highest BCUT2D eigenvalue weighted by Gasteiger charge is 2.38. The van der Waals surface area contributed by atoms with Gasteiger partial charge in [0.15, 0.2) is 5.17 Å². The zero-order chi connectivity index (χ0) is 16.9. The maximum atomic E-state index is 12.3. The summed E-state index contributed by atoms with van der Waals surface area (Å²) in [5.41, 5.74) is 6.70. The number of alkyl halides is 3. The van der Waals surface area contributed by atoms with Crippen molar-refractivity contribution >= 4 is 50.0 Å². The number of carbonyl (C=O) groups excluding carboxylic acids is 1. The molecule has 1 aromatic rings. The molecular formula is C13H13BrF3N3OS. The van der Waals surface area contributed by atoms with Crippen molar-refractivity contribution in [2.75, 3.05) is 11.1 Å². The molecule has 0 radical (unpaired) electrons. The highest BCUT2D eigenvalue weighted by molar-refractivity contribution is 9.10. The molecule has 0 saturated carbocycles. The monoisotopic (exact) mass is 395 g/mol. The summed E-state index contributed by atoms with van der Waals surface area (Å²) >= 11 is 4.33. The smallest absolute Gasteiger partial charge is 0.379 e. The Morgan fingerprint density at radius 2 is 2.09 bits per heavy atom. The van der Waals surface area contributed by atoms with E-state index in [1.807, 2.05) is 5.32 Å². The molecule has 0 unspecified atom stereocenters. The van der Waals surface area contributed by atoms with Crippen molar-refractivity contribution in [1.29, 1.82) is 5.41 Å². The van der Waals surface area contributed by atoms with Gasteiger partial charge in [-0.05, 0) is 36.3 Å². The van der Waals surface area contributed by atoms with Crippen LogP contribution in [0.3, 0.4) is 0 Å². The molecule has 0 bridgehead atoms. The van der Waals surface area contributed by atoms with Crippen LogP contribution in [0.25, 0.3) is 5.57 Å². The summed E-state index contributed by atoms with van der Waals surface area (Å²) in [5, 5.41) is 8.89. The van der Waals surface area contributed by atoms with Crippen LogP contribution in [0.1, 0.15) is 12.5 Å². The molecule has 0 atom stereocenters. The van der Waals surface area contributed by atoms with E-state index >= 15 is 0 Å². The van der Waals surface area contributed by atoms with Gasteiger partial charge in [-0.2, -0.15) is 13.2 Å². The predicted octanol–water partition coefficient (Wildman–Crippen LogP) is 3.98. The first-order valence-corrected chi connectivity index (χ1v) is 7.70. The van der Waals surface area contributed by atoms with Crippen LogP contribution in [0.5, 0.6) is 0 Å². The van der Waals surface area contributed by atoms with Gasteiger partial charge in [0.05, 0.1) is 0 Å². The summed E-state index contributed by atoms with van der Waals surface area (Å²) in [4.78, 5) is 11.0. The Balaban J connectivity index is 2.94. The fourth-order valence-corrected chi connectivity index (χ4v) is 2.47. The van der Waals surface area contributed by atoms with Crippen LogP contribution in [-0.2, 0) is 4.79 Å². The number of thioether (sulfide) groups is 1. The summed E-state index contributed by atoms with van der Waals surface area (Å²) in [5.74, 6) is -1.55. The third-order valence-corrected chi connectivity index (χ3v) is 3.60. The minimum Gasteiger partial charge on any atom is -0.379 e. The van der Waals surface area contributed by atoms with Gasteiger partial charge in [-0.15, -0.1) is 0 Å². The average Bonchev–Trinajstić information content (AvgIpc) is 2.36. The number of anilines is 1. The molecule has 0 aliphatic heterocycles. The Hall–Kier alpha value is -1.48. The van der Waals surface area contributed by atoms with E-state index < -0.39 is 12.1 Å². The molecule has 0 heterocycles. The van der Waals surface area contributed by atoms with Crippen molar-refractivity contribution in [3.63, 3.8) is 0 Å². The average molecular weight is 396 g/mol. The number of benzene rings is 1. The first-order chi connectivity index (χ1) is 10.1. The third-order valence-electron chi connectivity index (χ3n) is 2.50. The topological polar surface area (TPSA) is 79.0 Å². The molecule has 4 nitrogen and oxygen atoms in total. The SMILES string of the molecule is CC(=CCSC(=N)N)c1cc(Br)cc(NC(=O)C(F)(F)F)c1. The number of carbonyl (C=O) groups is 1. The molecule has 9 heteroatoms. The molecule has 4 N–H and O–H groups in total. The lowest BCUT2D eigenvalue weighted by Crippen LogP contribution is -2.29. The Labute approximate surface area is 138 Å². The van der Waals surface area contributed by atoms with Gasteiger partial charge >= 0.3 is 12.1 Å². The minimum absolute atomic E-state index is 0.0172. The molecule has 22 heavy (non-hydrogen) atoms. The second kappa shape index (κ2) is 7.68. The van der Waals surface area contributed by atoms with Crippen molar-refractivity contribution in [3.05, 3.63) is 34.3 Å². The molecule has 0 saturated heterocycles. The Morgan fingerprint density at radius 1 is 1.45 bits per heavy atom. The molecule has 0 aliphatic carbocycles. The maximum Gasteiger partial charge on any atom is 0.471 e. The van der Waals surface area contributed by atoms with Crippen molar-refractivity contribution in [3.8, 4) is 0 Å². The molecule has 1 aromatic carbocycles. The maximum absolute atomic E-state index is 12.3. The Bertz CT molecular complexity index is 617. The summed E-state index contributed by atoms with van der Waals surface area (Å²) in [6.45, 7) is 1.78. The molecule has 0 aromatic heterocycles. The molecule has 0 aliphatic rings. The van der Waals surface area contributed by atoms with E-state index in [-0.39, 0.29) is 10.9 Å². The van der Waals surface area contributed by atoms with E-state index in [0.717, 1.165) is 17.3 Å². The molecular weight excluding hydrogens is 383 g/mol. The third kappa shape index (κ3) is 6.10. The van der Waals surface area contributed by atoms with Crippen molar-refractivity contribution < 1.29 is 18.0 Å².